The molecule has 0 aliphatic carbocycles. The third-order valence-corrected chi connectivity index (χ3v) is 21.8. The van der Waals surface area contributed by atoms with Gasteiger partial charge < -0.3 is 33.8 Å². The standard InChI is InChI=1S/C86H164O17P2/c1-8-10-11-12-13-14-15-16-22-30-35-40-47-55-62-69-85(90)102-81(73-96-83(88)67-60-53-46-39-34-29-26-21-23-27-32-37-43-50-57-64-77(3)4)75-100-104(92,93)98-71-80(87)72-99-105(94,95)101-76-82(74-97-84(89)68-61-54-49-42-44-51-58-65-78(5)6)103-86(91)70-63-56-48-41-36-31-25-20-18-17-19-24-28-33-38-45-52-59-66-79(7)9-2/h14-16,22,77-82,87H,8-13,17-21,23-76H2,1-7H3,(H,92,93)(H,94,95)/b15-14-,22-16-/t79?,80?,81-,82-/m1/s1. The largest absolute Gasteiger partial charge is 0.472 e. The van der Waals surface area contributed by atoms with Gasteiger partial charge in [0.15, 0.2) is 12.2 Å². The number of carbonyl (C=O) groups excluding carboxylic acids is 4. The lowest BCUT2D eigenvalue weighted by atomic mass is 9.99. The first-order valence-corrected chi connectivity index (χ1v) is 46.7. The van der Waals surface area contributed by atoms with E-state index < -0.39 is 97.5 Å². The molecule has 0 saturated carbocycles. The molecule has 0 radical (unpaired) electrons. The first-order valence-electron chi connectivity index (χ1n) is 43.7. The summed E-state index contributed by atoms with van der Waals surface area (Å²) >= 11 is 0. The zero-order valence-electron chi connectivity index (χ0n) is 68.7. The summed E-state index contributed by atoms with van der Waals surface area (Å²) in [6.07, 6.45) is 68.9. The van der Waals surface area contributed by atoms with Crippen LogP contribution in [-0.2, 0) is 65.4 Å². The maximum absolute atomic E-state index is 13.1. The average molecular weight is 1530 g/mol. The fourth-order valence-electron chi connectivity index (χ4n) is 12.8. The number of esters is 4. The van der Waals surface area contributed by atoms with Crippen LogP contribution >= 0.6 is 15.6 Å². The highest BCUT2D eigenvalue weighted by Gasteiger charge is 2.30. The highest BCUT2D eigenvalue weighted by molar-refractivity contribution is 7.47. The van der Waals surface area contributed by atoms with E-state index in [0.717, 1.165) is 121 Å². The number of phosphoric acid groups is 2. The van der Waals surface area contributed by atoms with Gasteiger partial charge in [0, 0.05) is 25.7 Å². The number of phosphoric ester groups is 2. The van der Waals surface area contributed by atoms with Crippen LogP contribution in [0.3, 0.4) is 0 Å². The van der Waals surface area contributed by atoms with Crippen molar-refractivity contribution in [2.24, 2.45) is 17.8 Å². The molecule has 0 aromatic heterocycles. The fraction of sp³-hybridized carbons (Fsp3) is 0.907. The Morgan fingerprint density at radius 2 is 0.562 bits per heavy atom. The minimum atomic E-state index is -4.97. The van der Waals surface area contributed by atoms with E-state index >= 15 is 0 Å². The molecule has 19 heteroatoms. The minimum absolute atomic E-state index is 0.0852. The van der Waals surface area contributed by atoms with Gasteiger partial charge in [-0.15, -0.1) is 0 Å². The predicted octanol–water partition coefficient (Wildman–Crippen LogP) is 25.6. The number of ether oxygens (including phenoxy) is 4. The summed E-state index contributed by atoms with van der Waals surface area (Å²) in [4.78, 5) is 73.1. The van der Waals surface area contributed by atoms with E-state index in [1.165, 1.54) is 218 Å². The number of unbranched alkanes of at least 4 members (excludes halogenated alkanes) is 46. The molecule has 0 saturated heterocycles. The van der Waals surface area contributed by atoms with E-state index in [1.807, 2.05) is 0 Å². The normalized spacial score (nSPS) is 14.3. The first kappa shape index (κ1) is 103. The summed E-state index contributed by atoms with van der Waals surface area (Å²) in [6.45, 7) is 11.9. The van der Waals surface area contributed by atoms with Crippen molar-refractivity contribution in [2.45, 2.75) is 446 Å². The van der Waals surface area contributed by atoms with Crippen LogP contribution in [0.2, 0.25) is 0 Å². The van der Waals surface area contributed by atoms with Crippen LogP contribution < -0.4 is 0 Å². The van der Waals surface area contributed by atoms with Crippen molar-refractivity contribution >= 4 is 39.5 Å². The average Bonchev–Trinajstić information content (AvgIpc) is 0.907. The first-order chi connectivity index (χ1) is 50.8. The van der Waals surface area contributed by atoms with Crippen molar-refractivity contribution in [3.05, 3.63) is 24.3 Å². The topological polar surface area (TPSA) is 237 Å². The summed E-state index contributed by atoms with van der Waals surface area (Å²) in [5, 5.41) is 10.7. The number of allylic oxidation sites excluding steroid dienone is 4. The second kappa shape index (κ2) is 75.6. The number of rotatable bonds is 82. The highest BCUT2D eigenvalue weighted by atomic mass is 31.2. The van der Waals surface area contributed by atoms with Crippen molar-refractivity contribution in [1.29, 1.82) is 0 Å². The molecule has 6 atom stereocenters. The molecule has 0 fully saturated rings. The van der Waals surface area contributed by atoms with Crippen molar-refractivity contribution in [2.75, 3.05) is 39.6 Å². The van der Waals surface area contributed by atoms with Crippen LogP contribution in [0, 0.1) is 17.8 Å². The number of aliphatic hydroxyl groups excluding tert-OH is 1. The van der Waals surface area contributed by atoms with E-state index in [2.05, 4.69) is 72.8 Å². The zero-order chi connectivity index (χ0) is 77.2. The molecule has 17 nitrogen and oxygen atoms in total. The minimum Gasteiger partial charge on any atom is -0.462 e. The SMILES string of the molecule is CCCCCC/C=C\C=C/CCCCCCCC(=O)O[C@H](COC(=O)CCCCCCCCCCCCCCCCCC(C)C)COP(=O)(O)OCC(O)COP(=O)(O)OC[C@@H](COC(=O)CCCCCCCCCC(C)C)OC(=O)CCCCCCCCCCCCCCCCCCCCC(C)CC. The third kappa shape index (κ3) is 78.0. The Labute approximate surface area is 643 Å². The second-order valence-corrected chi connectivity index (χ2v) is 34.3. The molecule has 0 aromatic carbocycles. The Kier molecular flexibility index (Phi) is 73.8. The molecule has 0 bridgehead atoms. The summed E-state index contributed by atoms with van der Waals surface area (Å²) in [7, 11) is -9.94. The van der Waals surface area contributed by atoms with Crippen LogP contribution in [0.5, 0.6) is 0 Å². The molecule has 0 aliphatic heterocycles. The van der Waals surface area contributed by atoms with Gasteiger partial charge in [-0.2, -0.15) is 0 Å². The number of hydrogen-bond donors (Lipinski definition) is 3. The van der Waals surface area contributed by atoms with E-state index in [9.17, 15) is 43.2 Å². The van der Waals surface area contributed by atoms with E-state index in [0.29, 0.717) is 31.6 Å². The predicted molar refractivity (Wildman–Crippen MR) is 432 cm³/mol. The monoisotopic (exact) mass is 1530 g/mol. The lowest BCUT2D eigenvalue weighted by Gasteiger charge is -2.21. The van der Waals surface area contributed by atoms with Crippen LogP contribution in [0.4, 0.5) is 0 Å². The van der Waals surface area contributed by atoms with Gasteiger partial charge in [-0.3, -0.25) is 37.3 Å². The van der Waals surface area contributed by atoms with Crippen molar-refractivity contribution in [1.82, 2.24) is 0 Å². The molecule has 0 aliphatic rings. The number of hydrogen-bond acceptors (Lipinski definition) is 15. The van der Waals surface area contributed by atoms with Crippen molar-refractivity contribution < 1.29 is 80.2 Å². The van der Waals surface area contributed by atoms with Crippen LogP contribution in [0.15, 0.2) is 24.3 Å². The molecule has 3 N–H and O–H groups in total. The Morgan fingerprint density at radius 1 is 0.314 bits per heavy atom. The molecule has 0 amide bonds. The van der Waals surface area contributed by atoms with Gasteiger partial charge in [0.25, 0.3) is 0 Å². The summed E-state index contributed by atoms with van der Waals surface area (Å²) in [5.74, 6) is 0.241. The van der Waals surface area contributed by atoms with Crippen LogP contribution in [0.1, 0.15) is 427 Å². The lowest BCUT2D eigenvalue weighted by molar-refractivity contribution is -0.161. The molecule has 0 heterocycles. The van der Waals surface area contributed by atoms with Crippen molar-refractivity contribution in [3.8, 4) is 0 Å². The molecule has 4 unspecified atom stereocenters. The van der Waals surface area contributed by atoms with Gasteiger partial charge >= 0.3 is 39.5 Å². The Bertz CT molecular complexity index is 2120. The van der Waals surface area contributed by atoms with Gasteiger partial charge in [-0.05, 0) is 69.1 Å². The summed E-state index contributed by atoms with van der Waals surface area (Å²) in [6, 6.07) is 0. The molecule has 0 rings (SSSR count). The maximum Gasteiger partial charge on any atom is 0.472 e. The number of carbonyl (C=O) groups is 4. The van der Waals surface area contributed by atoms with Crippen LogP contribution in [-0.4, -0.2) is 96.7 Å². The molecule has 0 aromatic rings. The molecular formula is C86H164O17P2. The van der Waals surface area contributed by atoms with Gasteiger partial charge in [0.1, 0.15) is 19.3 Å². The smallest absolute Gasteiger partial charge is 0.462 e. The maximum atomic E-state index is 13.1. The van der Waals surface area contributed by atoms with Crippen LogP contribution in [0.25, 0.3) is 0 Å². The zero-order valence-corrected chi connectivity index (χ0v) is 70.5. The van der Waals surface area contributed by atoms with Gasteiger partial charge in [-0.1, -0.05) is 375 Å². The molecule has 0 spiro atoms. The highest BCUT2D eigenvalue weighted by Crippen LogP contribution is 2.45. The van der Waals surface area contributed by atoms with Crippen molar-refractivity contribution in [3.63, 3.8) is 0 Å². The van der Waals surface area contributed by atoms with E-state index in [1.54, 1.807) is 0 Å². The van der Waals surface area contributed by atoms with Gasteiger partial charge in [-0.25, -0.2) is 9.13 Å². The summed E-state index contributed by atoms with van der Waals surface area (Å²) < 4.78 is 68.8. The summed E-state index contributed by atoms with van der Waals surface area (Å²) in [5.41, 5.74) is 0. The second-order valence-electron chi connectivity index (χ2n) is 31.4. The molecule has 620 valence electrons. The van der Waals surface area contributed by atoms with E-state index in [-0.39, 0.29) is 25.7 Å². The quantitative estimate of drug-likeness (QED) is 0.0169. The van der Waals surface area contributed by atoms with Gasteiger partial charge in [0.2, 0.25) is 0 Å². The van der Waals surface area contributed by atoms with Gasteiger partial charge in [0.05, 0.1) is 26.4 Å². The lowest BCUT2D eigenvalue weighted by Crippen LogP contribution is -2.30. The Morgan fingerprint density at radius 3 is 0.848 bits per heavy atom. The Hall–Kier alpha value is -2.46. The molecular weight excluding hydrogens is 1370 g/mol. The number of aliphatic hydroxyl groups is 1. The molecule has 105 heavy (non-hydrogen) atoms. The van der Waals surface area contributed by atoms with E-state index in [4.69, 9.17) is 37.0 Å². The third-order valence-electron chi connectivity index (χ3n) is 19.9. The Balaban J connectivity index is 5.22. The fourth-order valence-corrected chi connectivity index (χ4v) is 14.4.